The zero-order chi connectivity index (χ0) is 29.4. The number of rotatable bonds is 3. The van der Waals surface area contributed by atoms with Gasteiger partial charge in [-0.3, -0.25) is 0 Å². The highest BCUT2D eigenvalue weighted by Crippen LogP contribution is 2.40. The van der Waals surface area contributed by atoms with E-state index < -0.39 is 0 Å². The molecule has 6 aromatic carbocycles. The van der Waals surface area contributed by atoms with E-state index in [4.69, 9.17) is 0 Å². The molecule has 0 aliphatic rings. The average molecular weight is 544 g/mol. The van der Waals surface area contributed by atoms with Crippen molar-refractivity contribution in [2.24, 2.45) is 0 Å². The molecule has 8 rings (SSSR count). The third kappa shape index (κ3) is 3.81. The Morgan fingerprint density at radius 2 is 1.07 bits per heavy atom. The molecular formula is C36H29B5N2. The third-order valence-electron chi connectivity index (χ3n) is 9.89. The number of nitrogens with zero attached hydrogens (tertiary/aromatic N) is 1. The molecule has 43 heavy (non-hydrogen) atoms. The van der Waals surface area contributed by atoms with Gasteiger partial charge >= 0.3 is 0 Å². The molecule has 0 bridgehead atoms. The van der Waals surface area contributed by atoms with Crippen LogP contribution in [0.15, 0.2) is 109 Å². The van der Waals surface area contributed by atoms with Gasteiger partial charge in [0.25, 0.3) is 0 Å². The van der Waals surface area contributed by atoms with Crippen molar-refractivity contribution < 1.29 is 0 Å². The number of benzene rings is 6. The molecule has 0 saturated heterocycles. The van der Waals surface area contributed by atoms with Gasteiger partial charge in [0.1, 0.15) is 39.2 Å². The lowest BCUT2D eigenvalue weighted by Crippen LogP contribution is -2.55. The second kappa shape index (κ2) is 9.64. The monoisotopic (exact) mass is 544 g/mol. The van der Waals surface area contributed by atoms with Gasteiger partial charge in [0, 0.05) is 32.7 Å². The summed E-state index contributed by atoms with van der Waals surface area (Å²) in [7, 11) is 11.4. The fraction of sp³-hybridized carbons (Fsp3) is 0. The SMILES string of the molecule is Bc1c(B)c(B)c(-c2cc(-c3ccccc3)cc(-n3c4ccccc4c4ccc5c6ccccc6[nH]c5c43)c2)c(B)c1B. The van der Waals surface area contributed by atoms with Crippen molar-refractivity contribution in [3.63, 3.8) is 0 Å². The maximum Gasteiger partial charge on any atom is 0.139 e. The van der Waals surface area contributed by atoms with Gasteiger partial charge in [0.2, 0.25) is 0 Å². The fourth-order valence-corrected chi connectivity index (χ4v) is 7.25. The Morgan fingerprint density at radius 1 is 0.465 bits per heavy atom. The summed E-state index contributed by atoms with van der Waals surface area (Å²) < 4.78 is 2.48. The number of hydrogen-bond donors (Lipinski definition) is 1. The van der Waals surface area contributed by atoms with Crippen LogP contribution < -0.4 is 27.3 Å². The summed E-state index contributed by atoms with van der Waals surface area (Å²) in [5.41, 5.74) is 17.8. The Balaban J connectivity index is 1.54. The predicted molar refractivity (Wildman–Crippen MR) is 202 cm³/mol. The van der Waals surface area contributed by atoms with E-state index in [-0.39, 0.29) is 0 Å². The molecule has 1 N–H and O–H groups in total. The molecule has 198 valence electrons. The lowest BCUT2D eigenvalue weighted by molar-refractivity contribution is 1.18. The van der Waals surface area contributed by atoms with Crippen LogP contribution in [0.4, 0.5) is 0 Å². The van der Waals surface area contributed by atoms with Gasteiger partial charge in [-0.05, 0) is 52.6 Å². The molecule has 0 amide bonds. The molecule has 2 aromatic heterocycles. The quantitative estimate of drug-likeness (QED) is 0.322. The largest absolute Gasteiger partial charge is 0.353 e. The summed E-state index contributed by atoms with van der Waals surface area (Å²) in [6.07, 6.45) is 0. The van der Waals surface area contributed by atoms with Gasteiger partial charge in [0.15, 0.2) is 0 Å². The molecule has 0 unspecified atom stereocenters. The summed E-state index contributed by atoms with van der Waals surface area (Å²) in [5, 5.41) is 5.03. The first-order valence-electron chi connectivity index (χ1n) is 15.1. The van der Waals surface area contributed by atoms with E-state index in [9.17, 15) is 0 Å². The lowest BCUT2D eigenvalue weighted by Gasteiger charge is -2.22. The molecule has 0 aliphatic heterocycles. The van der Waals surface area contributed by atoms with E-state index in [2.05, 4.69) is 158 Å². The second-order valence-corrected chi connectivity index (χ2v) is 12.0. The van der Waals surface area contributed by atoms with E-state index in [0.717, 1.165) is 5.52 Å². The van der Waals surface area contributed by atoms with E-state index >= 15 is 0 Å². The van der Waals surface area contributed by atoms with Crippen LogP contribution in [0.25, 0.3) is 71.6 Å². The van der Waals surface area contributed by atoms with Crippen LogP contribution in [0, 0.1) is 0 Å². The van der Waals surface area contributed by atoms with Crippen molar-refractivity contribution in [1.82, 2.24) is 9.55 Å². The van der Waals surface area contributed by atoms with E-state index in [1.54, 1.807) is 0 Å². The molecular weight excluding hydrogens is 514 g/mol. The Morgan fingerprint density at radius 3 is 1.84 bits per heavy atom. The number of aromatic nitrogens is 2. The van der Waals surface area contributed by atoms with Crippen LogP contribution in [-0.4, -0.2) is 48.8 Å². The molecule has 7 heteroatoms. The first-order chi connectivity index (χ1) is 20.9. The van der Waals surface area contributed by atoms with E-state index in [1.165, 1.54) is 93.4 Å². The smallest absolute Gasteiger partial charge is 0.139 e. The zero-order valence-corrected chi connectivity index (χ0v) is 25.3. The third-order valence-corrected chi connectivity index (χ3v) is 9.89. The highest BCUT2D eigenvalue weighted by Gasteiger charge is 2.20. The Labute approximate surface area is 256 Å². The highest BCUT2D eigenvalue weighted by molar-refractivity contribution is 6.68. The standard InChI is InChI=1S/C36H29B5N2/c37-30-29(31(38)33(40)34(41)32(30)39)21-16-20(19-8-2-1-3-9-19)17-22(18-21)43-28-13-7-5-11-24(28)26-15-14-25-23-10-4-6-12-27(23)42-35(25)36(26)43/h1-18,42H,37-41H2. The minimum Gasteiger partial charge on any atom is -0.353 e. The van der Waals surface area contributed by atoms with Gasteiger partial charge in [-0.25, -0.2) is 0 Å². The first kappa shape index (κ1) is 25.9. The lowest BCUT2D eigenvalue weighted by atomic mass is 9.59. The van der Waals surface area contributed by atoms with Crippen molar-refractivity contribution >= 4 is 110 Å². The van der Waals surface area contributed by atoms with E-state index in [0.29, 0.717) is 0 Å². The number of H-pyrrole nitrogens is 1. The molecule has 2 heterocycles. The van der Waals surface area contributed by atoms with Crippen molar-refractivity contribution in [2.75, 3.05) is 0 Å². The van der Waals surface area contributed by atoms with Crippen LogP contribution in [0.1, 0.15) is 0 Å². The summed E-state index contributed by atoms with van der Waals surface area (Å²) in [6, 6.07) is 40.0. The van der Waals surface area contributed by atoms with Gasteiger partial charge in [-0.2, -0.15) is 0 Å². The molecule has 0 fully saturated rings. The van der Waals surface area contributed by atoms with Crippen molar-refractivity contribution in [3.8, 4) is 27.9 Å². The van der Waals surface area contributed by atoms with Crippen LogP contribution in [-0.2, 0) is 0 Å². The number of aromatic amines is 1. The summed E-state index contributed by atoms with van der Waals surface area (Å²) in [4.78, 5) is 3.80. The topological polar surface area (TPSA) is 20.7 Å². The minimum absolute atomic E-state index is 1.16. The van der Waals surface area contributed by atoms with Crippen molar-refractivity contribution in [2.45, 2.75) is 0 Å². The van der Waals surface area contributed by atoms with Crippen molar-refractivity contribution in [3.05, 3.63) is 109 Å². The van der Waals surface area contributed by atoms with Crippen molar-refractivity contribution in [1.29, 1.82) is 0 Å². The Hall–Kier alpha value is -4.76. The Bertz CT molecular complexity index is 2370. The number of nitrogens with one attached hydrogen (secondary N) is 1. The van der Waals surface area contributed by atoms with E-state index in [1.807, 2.05) is 0 Å². The van der Waals surface area contributed by atoms with Gasteiger partial charge in [-0.1, -0.05) is 89.8 Å². The molecule has 0 aliphatic carbocycles. The number of fused-ring (bicyclic) bond motifs is 7. The number of para-hydroxylation sites is 2. The molecule has 0 saturated carbocycles. The van der Waals surface area contributed by atoms with Crippen LogP contribution in [0.3, 0.4) is 0 Å². The highest BCUT2D eigenvalue weighted by atomic mass is 15.0. The average Bonchev–Trinajstić information content (AvgIpc) is 3.59. The predicted octanol–water partition coefficient (Wildman–Crippen LogP) is 1.04. The maximum atomic E-state index is 3.80. The Kier molecular flexibility index (Phi) is 5.81. The van der Waals surface area contributed by atoms with Crippen LogP contribution in [0.5, 0.6) is 0 Å². The molecule has 0 spiro atoms. The summed E-state index contributed by atoms with van der Waals surface area (Å²) in [5.74, 6) is 0. The summed E-state index contributed by atoms with van der Waals surface area (Å²) >= 11 is 0. The zero-order valence-electron chi connectivity index (χ0n) is 25.3. The molecule has 0 radical (unpaired) electrons. The molecule has 8 aromatic rings. The second-order valence-electron chi connectivity index (χ2n) is 12.0. The first-order valence-corrected chi connectivity index (χ1v) is 15.1. The summed E-state index contributed by atoms with van der Waals surface area (Å²) in [6.45, 7) is 0. The van der Waals surface area contributed by atoms with Gasteiger partial charge in [-0.15, -0.1) is 16.4 Å². The van der Waals surface area contributed by atoms with Crippen LogP contribution in [0.2, 0.25) is 0 Å². The minimum atomic E-state index is 1.16. The fourth-order valence-electron chi connectivity index (χ4n) is 7.25. The van der Waals surface area contributed by atoms with Gasteiger partial charge < -0.3 is 9.55 Å². The van der Waals surface area contributed by atoms with Gasteiger partial charge in [0.05, 0.1) is 16.6 Å². The van der Waals surface area contributed by atoms with Crippen LogP contribution >= 0.6 is 0 Å². The normalized spacial score (nSPS) is 11.7. The maximum absolute atomic E-state index is 3.80. The molecule has 2 nitrogen and oxygen atoms in total. The number of hydrogen-bond acceptors (Lipinski definition) is 0. The molecule has 0 atom stereocenters.